The van der Waals surface area contributed by atoms with Crippen LogP contribution in [0.4, 0.5) is 0 Å². The van der Waals surface area contributed by atoms with E-state index in [4.69, 9.17) is 0 Å². The van der Waals surface area contributed by atoms with Gasteiger partial charge in [-0.2, -0.15) is 0 Å². The molecule has 2 atom stereocenters. The molecule has 2 aromatic rings. The number of phenols is 2. The first-order valence-electron chi connectivity index (χ1n) is 16.6. The molecule has 0 aliphatic heterocycles. The number of rotatable bonds is 7. The Kier molecular flexibility index (Phi) is 8.42. The molecule has 0 unspecified atom stereocenters. The zero-order valence-corrected chi connectivity index (χ0v) is 28.4. The van der Waals surface area contributed by atoms with Crippen molar-refractivity contribution in [1.82, 2.24) is 0 Å². The Labute approximate surface area is 275 Å². The minimum Gasteiger partial charge on any atom is -0.508 e. The van der Waals surface area contributed by atoms with Crippen molar-refractivity contribution in [3.05, 3.63) is 153 Å². The van der Waals surface area contributed by atoms with Crippen LogP contribution in [0.2, 0.25) is 0 Å². The van der Waals surface area contributed by atoms with Gasteiger partial charge in [-0.15, -0.1) is 0 Å². The lowest BCUT2D eigenvalue weighted by atomic mass is 9.71. The van der Waals surface area contributed by atoms with E-state index in [-0.39, 0.29) is 23.3 Å². The lowest BCUT2D eigenvalue weighted by Gasteiger charge is -2.31. The van der Waals surface area contributed by atoms with Crippen molar-refractivity contribution < 1.29 is 10.2 Å². The van der Waals surface area contributed by atoms with Gasteiger partial charge in [0, 0.05) is 23.0 Å². The number of aromatic hydroxyl groups is 2. The lowest BCUT2D eigenvalue weighted by Crippen LogP contribution is -2.16. The molecule has 4 aliphatic carbocycles. The SMILES string of the molecule is Cc1cc([C@H](c2ccccc2O)[C@@H](c2ccccc2O)c2cc(C)c3cc(C(C)C)ccc(C)c2-3)c2c(C)ccc(C(C)C)cc1-2. The minimum atomic E-state index is -0.284. The molecular formula is C44H46O2. The second kappa shape index (κ2) is 12.3. The molecule has 0 saturated carbocycles. The monoisotopic (exact) mass is 606 g/mol. The fraction of sp³-hybridized carbons (Fsp3) is 0.273. The molecule has 0 heterocycles. The molecule has 0 bridgehead atoms. The maximum Gasteiger partial charge on any atom is 0.119 e. The zero-order chi connectivity index (χ0) is 32.9. The molecule has 2 N–H and O–H groups in total. The van der Waals surface area contributed by atoms with Crippen LogP contribution in [0, 0.1) is 27.7 Å². The van der Waals surface area contributed by atoms with Gasteiger partial charge in [-0.05, 0) is 118 Å². The summed E-state index contributed by atoms with van der Waals surface area (Å²) in [6.45, 7) is 17.8. The first-order chi connectivity index (χ1) is 22.0. The summed E-state index contributed by atoms with van der Waals surface area (Å²) in [4.78, 5) is 0. The van der Waals surface area contributed by atoms with Crippen LogP contribution in [0.3, 0.4) is 0 Å². The quantitative estimate of drug-likeness (QED) is 0.190. The van der Waals surface area contributed by atoms with Gasteiger partial charge in [0.05, 0.1) is 0 Å². The van der Waals surface area contributed by atoms with Gasteiger partial charge in [0.15, 0.2) is 0 Å². The fourth-order valence-electron chi connectivity index (χ4n) is 7.53. The maximum atomic E-state index is 11.6. The molecule has 0 amide bonds. The van der Waals surface area contributed by atoms with E-state index in [2.05, 4.69) is 116 Å². The van der Waals surface area contributed by atoms with E-state index >= 15 is 0 Å². The Hall–Kier alpha value is -4.56. The second-order valence-corrected chi connectivity index (χ2v) is 13.8. The van der Waals surface area contributed by atoms with E-state index in [1.807, 2.05) is 24.3 Å². The summed E-state index contributed by atoms with van der Waals surface area (Å²) in [5.41, 5.74) is 16.4. The number of phenolic OH excluding ortho intramolecular Hbond substituents is 2. The first-order valence-corrected chi connectivity index (χ1v) is 16.6. The lowest BCUT2D eigenvalue weighted by molar-refractivity contribution is 0.451. The first kappa shape index (κ1) is 31.4. The third kappa shape index (κ3) is 5.45. The molecule has 0 aromatic heterocycles. The van der Waals surface area contributed by atoms with Gasteiger partial charge in [-0.25, -0.2) is 0 Å². The Morgan fingerprint density at radius 2 is 0.783 bits per heavy atom. The van der Waals surface area contributed by atoms with Gasteiger partial charge in [0.2, 0.25) is 0 Å². The fourth-order valence-corrected chi connectivity index (χ4v) is 7.53. The summed E-state index contributed by atoms with van der Waals surface area (Å²) >= 11 is 0. The maximum absolute atomic E-state index is 11.6. The number of fused-ring (bicyclic) bond motifs is 2. The number of aryl methyl sites for hydroxylation is 4. The third-order valence-electron chi connectivity index (χ3n) is 10.1. The highest BCUT2D eigenvalue weighted by Crippen LogP contribution is 2.55. The average Bonchev–Trinajstić information content (AvgIpc) is 3.35. The van der Waals surface area contributed by atoms with E-state index < -0.39 is 0 Å². The van der Waals surface area contributed by atoms with E-state index in [9.17, 15) is 10.2 Å². The Morgan fingerprint density at radius 1 is 0.413 bits per heavy atom. The summed E-state index contributed by atoms with van der Waals surface area (Å²) < 4.78 is 0. The summed E-state index contributed by atoms with van der Waals surface area (Å²) in [6.07, 6.45) is 0. The molecule has 0 saturated heterocycles. The third-order valence-corrected chi connectivity index (χ3v) is 10.1. The molecular weight excluding hydrogens is 560 g/mol. The van der Waals surface area contributed by atoms with Crippen molar-refractivity contribution in [1.29, 1.82) is 0 Å². The number of hydrogen-bond donors (Lipinski definition) is 2. The number of para-hydroxylation sites is 2. The normalized spacial score (nSPS) is 13.2. The standard InChI is InChI=1S/C44H46O2/c1-25(2)31-19-17-27(5)41-35(23-31)29(7)21-37(41)43(33-13-9-11-15-39(33)45)44(34-14-10-12-16-40(34)46)38-22-30(8)36-24-32(26(3)4)20-18-28(6)42(36)38/h9-26,43-46H,1-8H3/t43-,44-/m0/s1. The highest BCUT2D eigenvalue weighted by atomic mass is 16.3. The predicted octanol–water partition coefficient (Wildman–Crippen LogP) is 11.8. The van der Waals surface area contributed by atoms with E-state index in [0.29, 0.717) is 11.8 Å². The van der Waals surface area contributed by atoms with Crippen LogP contribution < -0.4 is 0 Å². The van der Waals surface area contributed by atoms with E-state index in [0.717, 1.165) is 11.1 Å². The molecule has 0 radical (unpaired) electrons. The molecule has 0 spiro atoms. The van der Waals surface area contributed by atoms with Crippen LogP contribution in [0.15, 0.2) is 97.1 Å². The van der Waals surface area contributed by atoms with Crippen molar-refractivity contribution in [3.8, 4) is 33.8 Å². The van der Waals surface area contributed by atoms with Gasteiger partial charge in [-0.3, -0.25) is 0 Å². The number of benzene rings is 2. The van der Waals surface area contributed by atoms with Crippen LogP contribution in [-0.4, -0.2) is 10.2 Å². The summed E-state index contributed by atoms with van der Waals surface area (Å²) in [6, 6.07) is 33.9. The molecule has 0 fully saturated rings. The molecule has 2 aromatic carbocycles. The number of hydrogen-bond acceptors (Lipinski definition) is 2. The van der Waals surface area contributed by atoms with Crippen molar-refractivity contribution in [2.75, 3.05) is 0 Å². The van der Waals surface area contributed by atoms with Crippen LogP contribution >= 0.6 is 0 Å². The van der Waals surface area contributed by atoms with Crippen molar-refractivity contribution in [3.63, 3.8) is 0 Å². The van der Waals surface area contributed by atoms with E-state index in [1.165, 1.54) is 66.8 Å². The minimum absolute atomic E-state index is 0.262. The van der Waals surface area contributed by atoms with Gasteiger partial charge < -0.3 is 10.2 Å². The Morgan fingerprint density at radius 3 is 1.13 bits per heavy atom. The van der Waals surface area contributed by atoms with Gasteiger partial charge in [0.25, 0.3) is 0 Å². The van der Waals surface area contributed by atoms with E-state index in [1.54, 1.807) is 12.1 Å². The van der Waals surface area contributed by atoms with Gasteiger partial charge in [-0.1, -0.05) is 113 Å². The molecule has 2 nitrogen and oxygen atoms in total. The average molecular weight is 607 g/mol. The van der Waals surface area contributed by atoms with Crippen LogP contribution in [0.5, 0.6) is 11.5 Å². The topological polar surface area (TPSA) is 40.5 Å². The predicted molar refractivity (Wildman–Crippen MR) is 193 cm³/mol. The Balaban J connectivity index is 1.74. The Bertz CT molecular complexity index is 1830. The van der Waals surface area contributed by atoms with Crippen molar-refractivity contribution in [2.45, 2.75) is 79.1 Å². The second-order valence-electron chi connectivity index (χ2n) is 13.8. The van der Waals surface area contributed by atoms with Crippen molar-refractivity contribution >= 4 is 0 Å². The molecule has 46 heavy (non-hydrogen) atoms. The molecule has 4 aliphatic rings. The smallest absolute Gasteiger partial charge is 0.119 e. The summed E-state index contributed by atoms with van der Waals surface area (Å²) in [5, 5.41) is 23.2. The molecule has 234 valence electrons. The van der Waals surface area contributed by atoms with Crippen molar-refractivity contribution in [2.24, 2.45) is 0 Å². The van der Waals surface area contributed by atoms with Crippen LogP contribution in [-0.2, 0) is 0 Å². The molecule has 6 rings (SSSR count). The highest BCUT2D eigenvalue weighted by Gasteiger charge is 2.37. The highest BCUT2D eigenvalue weighted by molar-refractivity contribution is 5.83. The van der Waals surface area contributed by atoms with Crippen LogP contribution in [0.1, 0.15) is 107 Å². The van der Waals surface area contributed by atoms with Gasteiger partial charge in [0.1, 0.15) is 11.5 Å². The summed E-state index contributed by atoms with van der Waals surface area (Å²) in [5.74, 6) is 0.751. The largest absolute Gasteiger partial charge is 0.508 e. The van der Waals surface area contributed by atoms with Crippen LogP contribution in [0.25, 0.3) is 22.3 Å². The molecule has 2 heteroatoms. The van der Waals surface area contributed by atoms with Gasteiger partial charge >= 0.3 is 0 Å². The summed E-state index contributed by atoms with van der Waals surface area (Å²) in [7, 11) is 0. The zero-order valence-electron chi connectivity index (χ0n) is 28.4.